The van der Waals surface area contributed by atoms with Gasteiger partial charge >= 0.3 is 0 Å². The van der Waals surface area contributed by atoms with Crippen LogP contribution in [0, 0.1) is 0 Å². The summed E-state index contributed by atoms with van der Waals surface area (Å²) in [6, 6.07) is 0. The van der Waals surface area contributed by atoms with Crippen LogP contribution in [0.4, 0.5) is 0 Å². The van der Waals surface area contributed by atoms with Crippen molar-refractivity contribution in [2.75, 3.05) is 24.7 Å². The van der Waals surface area contributed by atoms with Crippen molar-refractivity contribution in [2.45, 2.75) is 50.7 Å². The fourth-order valence-corrected chi connectivity index (χ4v) is 3.62. The van der Waals surface area contributed by atoms with Gasteiger partial charge in [-0.05, 0) is 49.7 Å². The molecule has 0 aromatic carbocycles. The summed E-state index contributed by atoms with van der Waals surface area (Å²) in [4.78, 5) is 0. The van der Waals surface area contributed by atoms with E-state index in [1.807, 2.05) is 11.8 Å². The lowest BCUT2D eigenvalue weighted by atomic mass is 10.0. The van der Waals surface area contributed by atoms with Gasteiger partial charge in [-0.1, -0.05) is 13.2 Å². The van der Waals surface area contributed by atoms with Gasteiger partial charge in [-0.25, -0.2) is 0 Å². The maximum atomic E-state index is 5.75. The predicted molar refractivity (Wildman–Crippen MR) is 82.8 cm³/mol. The van der Waals surface area contributed by atoms with E-state index >= 15 is 0 Å². The van der Waals surface area contributed by atoms with Crippen molar-refractivity contribution in [3.63, 3.8) is 0 Å². The minimum absolute atomic E-state index is 0.292. The SMILES string of the molecule is C=C(CSCC(=C)C1CCCCO1)C1CCCCO1. The van der Waals surface area contributed by atoms with Crippen LogP contribution >= 0.6 is 11.8 Å². The van der Waals surface area contributed by atoms with Crippen molar-refractivity contribution >= 4 is 11.8 Å². The maximum Gasteiger partial charge on any atom is 0.0790 e. The van der Waals surface area contributed by atoms with E-state index in [2.05, 4.69) is 13.2 Å². The van der Waals surface area contributed by atoms with Gasteiger partial charge in [0.15, 0.2) is 0 Å². The van der Waals surface area contributed by atoms with Crippen molar-refractivity contribution in [3.05, 3.63) is 24.3 Å². The topological polar surface area (TPSA) is 18.5 Å². The van der Waals surface area contributed by atoms with E-state index in [1.54, 1.807) is 0 Å². The quantitative estimate of drug-likeness (QED) is 0.687. The predicted octanol–water partition coefficient (Wildman–Crippen LogP) is 3.97. The fourth-order valence-electron chi connectivity index (χ4n) is 2.62. The number of thioether (sulfide) groups is 1. The Labute approximate surface area is 121 Å². The van der Waals surface area contributed by atoms with Crippen molar-refractivity contribution in [3.8, 4) is 0 Å². The molecule has 2 fully saturated rings. The molecule has 108 valence electrons. The number of hydrogen-bond donors (Lipinski definition) is 0. The third kappa shape index (κ3) is 4.97. The summed E-state index contributed by atoms with van der Waals surface area (Å²) in [5.74, 6) is 1.97. The van der Waals surface area contributed by atoms with Crippen LogP contribution in [-0.4, -0.2) is 36.9 Å². The van der Waals surface area contributed by atoms with Crippen LogP contribution in [0.5, 0.6) is 0 Å². The van der Waals surface area contributed by atoms with Gasteiger partial charge in [0.05, 0.1) is 12.2 Å². The molecule has 2 heterocycles. The van der Waals surface area contributed by atoms with E-state index in [0.717, 1.165) is 37.6 Å². The lowest BCUT2D eigenvalue weighted by Crippen LogP contribution is -2.23. The molecule has 0 aromatic rings. The molecule has 3 heteroatoms. The molecular weight excluding hydrogens is 256 g/mol. The molecule has 2 aliphatic heterocycles. The van der Waals surface area contributed by atoms with Gasteiger partial charge in [0.1, 0.15) is 0 Å². The third-order valence-electron chi connectivity index (χ3n) is 3.84. The minimum Gasteiger partial charge on any atom is -0.374 e. The highest BCUT2D eigenvalue weighted by Crippen LogP contribution is 2.25. The number of rotatable bonds is 6. The van der Waals surface area contributed by atoms with Gasteiger partial charge in [0.25, 0.3) is 0 Å². The Hall–Kier alpha value is -0.250. The molecule has 0 aliphatic carbocycles. The summed E-state index contributed by atoms with van der Waals surface area (Å²) in [5.41, 5.74) is 2.48. The smallest absolute Gasteiger partial charge is 0.0790 e. The van der Waals surface area contributed by atoms with Crippen LogP contribution in [0.15, 0.2) is 24.3 Å². The standard InChI is InChI=1S/C16H26O2S/c1-13(15-7-3-5-9-17-15)11-19-12-14(2)16-8-4-6-10-18-16/h15-16H,1-12H2. The van der Waals surface area contributed by atoms with Crippen LogP contribution in [0.3, 0.4) is 0 Å². The summed E-state index contributed by atoms with van der Waals surface area (Å²) in [6.07, 6.45) is 7.83. The molecular formula is C16H26O2S. The highest BCUT2D eigenvalue weighted by Gasteiger charge is 2.19. The molecule has 0 saturated carbocycles. The zero-order chi connectivity index (χ0) is 13.5. The lowest BCUT2D eigenvalue weighted by Gasteiger charge is -2.26. The molecule has 0 aromatic heterocycles. The third-order valence-corrected chi connectivity index (χ3v) is 4.99. The van der Waals surface area contributed by atoms with Gasteiger partial charge in [-0.15, -0.1) is 0 Å². The maximum absolute atomic E-state index is 5.75. The minimum atomic E-state index is 0.292. The van der Waals surface area contributed by atoms with Crippen molar-refractivity contribution in [1.29, 1.82) is 0 Å². The van der Waals surface area contributed by atoms with Gasteiger partial charge in [-0.2, -0.15) is 11.8 Å². The molecule has 0 amide bonds. The van der Waals surface area contributed by atoms with Crippen LogP contribution in [0.2, 0.25) is 0 Å². The zero-order valence-electron chi connectivity index (χ0n) is 11.9. The monoisotopic (exact) mass is 282 g/mol. The van der Waals surface area contributed by atoms with E-state index in [9.17, 15) is 0 Å². The van der Waals surface area contributed by atoms with E-state index in [-0.39, 0.29) is 0 Å². The van der Waals surface area contributed by atoms with Gasteiger partial charge < -0.3 is 9.47 Å². The molecule has 0 radical (unpaired) electrons. The first-order valence-electron chi connectivity index (χ1n) is 7.43. The zero-order valence-corrected chi connectivity index (χ0v) is 12.7. The molecule has 2 rings (SSSR count). The molecule has 2 nitrogen and oxygen atoms in total. The van der Waals surface area contributed by atoms with E-state index in [1.165, 1.54) is 36.8 Å². The van der Waals surface area contributed by atoms with E-state index in [0.29, 0.717) is 12.2 Å². The Morgan fingerprint density at radius 2 is 1.32 bits per heavy atom. The number of hydrogen-bond acceptors (Lipinski definition) is 3. The second kappa shape index (κ2) is 8.13. The fraction of sp³-hybridized carbons (Fsp3) is 0.750. The molecule has 0 bridgehead atoms. The molecule has 2 atom stereocenters. The molecule has 2 unspecified atom stereocenters. The van der Waals surface area contributed by atoms with Crippen LogP contribution < -0.4 is 0 Å². The Morgan fingerprint density at radius 1 is 0.842 bits per heavy atom. The molecule has 2 aliphatic rings. The average Bonchev–Trinajstić information content (AvgIpc) is 2.49. The van der Waals surface area contributed by atoms with E-state index < -0.39 is 0 Å². The highest BCUT2D eigenvalue weighted by atomic mass is 32.2. The first-order chi connectivity index (χ1) is 9.27. The van der Waals surface area contributed by atoms with Gasteiger partial charge in [0.2, 0.25) is 0 Å². The average molecular weight is 282 g/mol. The summed E-state index contributed by atoms with van der Waals surface area (Å²) in [5, 5.41) is 0. The van der Waals surface area contributed by atoms with Crippen LogP contribution in [-0.2, 0) is 9.47 Å². The van der Waals surface area contributed by atoms with Crippen molar-refractivity contribution in [1.82, 2.24) is 0 Å². The summed E-state index contributed by atoms with van der Waals surface area (Å²) < 4.78 is 11.5. The molecule has 19 heavy (non-hydrogen) atoms. The van der Waals surface area contributed by atoms with Gasteiger partial charge in [-0.3, -0.25) is 0 Å². The Balaban J connectivity index is 1.62. The Kier molecular flexibility index (Phi) is 6.48. The van der Waals surface area contributed by atoms with Crippen LogP contribution in [0.1, 0.15) is 38.5 Å². The summed E-state index contributed by atoms with van der Waals surface area (Å²) in [7, 11) is 0. The molecule has 2 saturated heterocycles. The van der Waals surface area contributed by atoms with E-state index in [4.69, 9.17) is 9.47 Å². The largest absolute Gasteiger partial charge is 0.374 e. The van der Waals surface area contributed by atoms with Crippen LogP contribution in [0.25, 0.3) is 0 Å². The Bertz CT molecular complexity index is 272. The highest BCUT2D eigenvalue weighted by molar-refractivity contribution is 7.99. The molecule has 0 spiro atoms. The number of ether oxygens (including phenoxy) is 2. The normalized spacial score (nSPS) is 28.0. The van der Waals surface area contributed by atoms with Crippen molar-refractivity contribution in [2.24, 2.45) is 0 Å². The lowest BCUT2D eigenvalue weighted by molar-refractivity contribution is 0.0397. The van der Waals surface area contributed by atoms with Crippen molar-refractivity contribution < 1.29 is 9.47 Å². The molecule has 0 N–H and O–H groups in total. The second-order valence-electron chi connectivity index (χ2n) is 5.52. The first-order valence-corrected chi connectivity index (χ1v) is 8.59. The second-order valence-corrected chi connectivity index (χ2v) is 6.51. The van der Waals surface area contributed by atoms with Gasteiger partial charge in [0, 0.05) is 24.7 Å². The summed E-state index contributed by atoms with van der Waals surface area (Å²) >= 11 is 1.90. The Morgan fingerprint density at radius 3 is 1.68 bits per heavy atom. The first kappa shape index (κ1) is 15.1. The summed E-state index contributed by atoms with van der Waals surface area (Å²) in [6.45, 7) is 10.2.